The van der Waals surface area contributed by atoms with Crippen LogP contribution in [0.4, 0.5) is 0 Å². The molecule has 1 unspecified atom stereocenters. The summed E-state index contributed by atoms with van der Waals surface area (Å²) in [6.45, 7) is 3.88. The SMILES string of the molecule is CSCCC(NS(=O)(=O)c1ccccc1)C(=O)N1CCN(CCc2cccs2)CC1. The van der Waals surface area contributed by atoms with Crippen LogP contribution < -0.4 is 4.72 Å². The van der Waals surface area contributed by atoms with Gasteiger partial charge in [-0.15, -0.1) is 11.3 Å². The second-order valence-electron chi connectivity index (χ2n) is 7.26. The highest BCUT2D eigenvalue weighted by Gasteiger charge is 2.30. The van der Waals surface area contributed by atoms with E-state index in [4.69, 9.17) is 0 Å². The zero-order valence-electron chi connectivity index (χ0n) is 17.2. The minimum Gasteiger partial charge on any atom is -0.339 e. The average Bonchev–Trinajstić information content (AvgIpc) is 3.29. The lowest BCUT2D eigenvalue weighted by Gasteiger charge is -2.36. The van der Waals surface area contributed by atoms with Gasteiger partial charge in [0, 0.05) is 37.6 Å². The normalized spacial score (nSPS) is 16.5. The molecule has 0 saturated carbocycles. The fourth-order valence-electron chi connectivity index (χ4n) is 3.46. The van der Waals surface area contributed by atoms with Crippen molar-refractivity contribution in [3.63, 3.8) is 0 Å². The first-order valence-corrected chi connectivity index (χ1v) is 13.8. The molecular formula is C21H29N3O3S3. The van der Waals surface area contributed by atoms with Gasteiger partial charge in [0.1, 0.15) is 6.04 Å². The predicted molar refractivity (Wildman–Crippen MR) is 125 cm³/mol. The second kappa shape index (κ2) is 11.3. The van der Waals surface area contributed by atoms with Crippen molar-refractivity contribution in [2.24, 2.45) is 0 Å². The van der Waals surface area contributed by atoms with E-state index in [-0.39, 0.29) is 10.8 Å². The molecule has 1 aromatic carbocycles. The van der Waals surface area contributed by atoms with Crippen molar-refractivity contribution in [1.82, 2.24) is 14.5 Å². The quantitative estimate of drug-likeness (QED) is 0.582. The summed E-state index contributed by atoms with van der Waals surface area (Å²) in [7, 11) is -3.73. The Balaban J connectivity index is 1.57. The van der Waals surface area contributed by atoms with E-state index in [0.717, 1.165) is 26.1 Å². The van der Waals surface area contributed by atoms with Gasteiger partial charge in [-0.3, -0.25) is 9.69 Å². The van der Waals surface area contributed by atoms with E-state index < -0.39 is 16.1 Å². The van der Waals surface area contributed by atoms with Crippen molar-refractivity contribution in [1.29, 1.82) is 0 Å². The van der Waals surface area contributed by atoms with Crippen molar-refractivity contribution in [3.8, 4) is 0 Å². The Kier molecular flexibility index (Phi) is 8.76. The van der Waals surface area contributed by atoms with E-state index in [1.165, 1.54) is 4.88 Å². The number of benzene rings is 1. The van der Waals surface area contributed by atoms with Crippen LogP contribution in [-0.2, 0) is 21.2 Å². The fraction of sp³-hybridized carbons (Fsp3) is 0.476. The zero-order chi connectivity index (χ0) is 21.4. The maximum absolute atomic E-state index is 13.1. The molecule has 2 heterocycles. The number of carbonyl (C=O) groups is 1. The van der Waals surface area contributed by atoms with E-state index in [1.807, 2.05) is 6.26 Å². The lowest BCUT2D eigenvalue weighted by atomic mass is 10.2. The average molecular weight is 468 g/mol. The Morgan fingerprint density at radius 2 is 1.87 bits per heavy atom. The number of hydrogen-bond acceptors (Lipinski definition) is 6. The first kappa shape index (κ1) is 23.3. The highest BCUT2D eigenvalue weighted by Crippen LogP contribution is 2.14. The summed E-state index contributed by atoms with van der Waals surface area (Å²) in [5.41, 5.74) is 0. The Bertz CT molecular complexity index is 881. The number of piperazine rings is 1. The largest absolute Gasteiger partial charge is 0.339 e. The molecule has 1 atom stereocenters. The number of rotatable bonds is 10. The molecule has 2 aromatic rings. The maximum atomic E-state index is 13.1. The van der Waals surface area contributed by atoms with Gasteiger partial charge >= 0.3 is 0 Å². The summed E-state index contributed by atoms with van der Waals surface area (Å²) in [6.07, 6.45) is 3.46. The number of thiophene rings is 1. The summed E-state index contributed by atoms with van der Waals surface area (Å²) in [5.74, 6) is 0.593. The molecule has 1 aliphatic rings. The molecule has 1 saturated heterocycles. The smallest absolute Gasteiger partial charge is 0.241 e. The Morgan fingerprint density at radius 1 is 1.13 bits per heavy atom. The highest BCUT2D eigenvalue weighted by molar-refractivity contribution is 7.98. The molecule has 164 valence electrons. The van der Waals surface area contributed by atoms with Crippen molar-refractivity contribution < 1.29 is 13.2 Å². The van der Waals surface area contributed by atoms with Crippen LogP contribution in [0.25, 0.3) is 0 Å². The van der Waals surface area contributed by atoms with E-state index >= 15 is 0 Å². The first-order chi connectivity index (χ1) is 14.5. The van der Waals surface area contributed by atoms with Crippen molar-refractivity contribution in [2.45, 2.75) is 23.8 Å². The van der Waals surface area contributed by atoms with Crippen LogP contribution in [-0.4, -0.2) is 74.9 Å². The van der Waals surface area contributed by atoms with E-state index in [2.05, 4.69) is 27.1 Å². The minimum absolute atomic E-state index is 0.124. The molecule has 1 amide bonds. The van der Waals surface area contributed by atoms with Crippen LogP contribution >= 0.6 is 23.1 Å². The van der Waals surface area contributed by atoms with Gasteiger partial charge in [-0.25, -0.2) is 8.42 Å². The van der Waals surface area contributed by atoms with Gasteiger partial charge in [0.25, 0.3) is 0 Å². The molecule has 1 aliphatic heterocycles. The number of nitrogens with zero attached hydrogens (tertiary/aromatic N) is 2. The predicted octanol–water partition coefficient (Wildman–Crippen LogP) is 2.54. The number of thioether (sulfide) groups is 1. The summed E-state index contributed by atoms with van der Waals surface area (Å²) in [4.78, 5) is 18.9. The van der Waals surface area contributed by atoms with Gasteiger partial charge in [-0.05, 0) is 48.4 Å². The second-order valence-corrected chi connectivity index (χ2v) is 11.0. The third-order valence-electron chi connectivity index (χ3n) is 5.20. The molecule has 3 rings (SSSR count). The van der Waals surface area contributed by atoms with Gasteiger partial charge < -0.3 is 4.90 Å². The van der Waals surface area contributed by atoms with Gasteiger partial charge in [-0.2, -0.15) is 16.5 Å². The molecular weight excluding hydrogens is 438 g/mol. The van der Waals surface area contributed by atoms with E-state index in [9.17, 15) is 13.2 Å². The Labute approximate surface area is 187 Å². The molecule has 6 nitrogen and oxygen atoms in total. The number of nitrogens with one attached hydrogen (secondary N) is 1. The van der Waals surface area contributed by atoms with Crippen LogP contribution in [0.2, 0.25) is 0 Å². The van der Waals surface area contributed by atoms with Crippen LogP contribution in [0.1, 0.15) is 11.3 Å². The number of hydrogen-bond donors (Lipinski definition) is 1. The zero-order valence-corrected chi connectivity index (χ0v) is 19.6. The van der Waals surface area contributed by atoms with Crippen LogP contribution in [0.5, 0.6) is 0 Å². The fourth-order valence-corrected chi connectivity index (χ4v) is 5.87. The minimum atomic E-state index is -3.73. The van der Waals surface area contributed by atoms with Crippen LogP contribution in [0, 0.1) is 0 Å². The molecule has 30 heavy (non-hydrogen) atoms. The summed E-state index contributed by atoms with van der Waals surface area (Å²) >= 11 is 3.38. The van der Waals surface area contributed by atoms with Gasteiger partial charge in [-0.1, -0.05) is 24.3 Å². The molecule has 1 aromatic heterocycles. The lowest BCUT2D eigenvalue weighted by Crippen LogP contribution is -2.55. The maximum Gasteiger partial charge on any atom is 0.241 e. The number of carbonyl (C=O) groups excluding carboxylic acids is 1. The third-order valence-corrected chi connectivity index (χ3v) is 8.27. The Morgan fingerprint density at radius 3 is 2.50 bits per heavy atom. The van der Waals surface area contributed by atoms with Crippen molar-refractivity contribution >= 4 is 39.0 Å². The first-order valence-electron chi connectivity index (χ1n) is 10.1. The van der Waals surface area contributed by atoms with Crippen molar-refractivity contribution in [2.75, 3.05) is 44.7 Å². The van der Waals surface area contributed by atoms with Gasteiger partial charge in [0.05, 0.1) is 4.90 Å². The Hall–Kier alpha value is -1.39. The van der Waals surface area contributed by atoms with E-state index in [1.54, 1.807) is 58.3 Å². The molecule has 9 heteroatoms. The molecule has 0 bridgehead atoms. The topological polar surface area (TPSA) is 69.7 Å². The summed E-state index contributed by atoms with van der Waals surface area (Å²) in [5, 5.41) is 2.09. The number of sulfonamides is 1. The lowest BCUT2D eigenvalue weighted by molar-refractivity contribution is -0.134. The van der Waals surface area contributed by atoms with Gasteiger partial charge in [0.15, 0.2) is 0 Å². The van der Waals surface area contributed by atoms with Crippen molar-refractivity contribution in [3.05, 3.63) is 52.7 Å². The van der Waals surface area contributed by atoms with E-state index in [0.29, 0.717) is 25.3 Å². The summed E-state index contributed by atoms with van der Waals surface area (Å²) in [6, 6.07) is 11.7. The van der Waals surface area contributed by atoms with Crippen LogP contribution in [0.3, 0.4) is 0 Å². The molecule has 0 radical (unpaired) electrons. The number of amides is 1. The molecule has 0 spiro atoms. The third kappa shape index (κ3) is 6.55. The molecule has 1 N–H and O–H groups in total. The van der Waals surface area contributed by atoms with Gasteiger partial charge in [0.2, 0.25) is 15.9 Å². The molecule has 1 fully saturated rings. The summed E-state index contributed by atoms with van der Waals surface area (Å²) < 4.78 is 28.1. The highest BCUT2D eigenvalue weighted by atomic mass is 32.2. The standard InChI is InChI=1S/C21H29N3O3S3/c1-28-17-10-20(22-30(26,27)19-7-3-2-4-8-19)21(25)24-14-12-23(13-15-24)11-9-18-6-5-16-29-18/h2-8,16,20,22H,9-15,17H2,1H3. The molecule has 0 aliphatic carbocycles. The van der Waals surface area contributed by atoms with Crippen LogP contribution in [0.15, 0.2) is 52.7 Å². The monoisotopic (exact) mass is 467 g/mol.